The van der Waals surface area contributed by atoms with E-state index in [1.165, 1.54) is 44.9 Å². The second-order valence-corrected chi connectivity index (χ2v) is 3.69. The molecule has 0 bridgehead atoms. The van der Waals surface area contributed by atoms with Crippen molar-refractivity contribution in [1.29, 1.82) is 0 Å². The third kappa shape index (κ3) is 6.66. The van der Waals surface area contributed by atoms with Crippen LogP contribution in [0.15, 0.2) is 0 Å². The first kappa shape index (κ1) is 12.0. The van der Waals surface area contributed by atoms with Gasteiger partial charge in [0, 0.05) is 6.61 Å². The lowest BCUT2D eigenvalue weighted by molar-refractivity contribution is 0.205. The van der Waals surface area contributed by atoms with Crippen LogP contribution in [0.25, 0.3) is 0 Å². The second kappa shape index (κ2) is 9.05. The Hall–Kier alpha value is -0.0400. The van der Waals surface area contributed by atoms with Crippen LogP contribution in [0.2, 0.25) is 0 Å². The van der Waals surface area contributed by atoms with E-state index in [-0.39, 0.29) is 0 Å². The van der Waals surface area contributed by atoms with Gasteiger partial charge in [0.1, 0.15) is 0 Å². The van der Waals surface area contributed by atoms with Gasteiger partial charge >= 0.3 is 0 Å². The molecule has 0 spiro atoms. The van der Waals surface area contributed by atoms with Gasteiger partial charge in [-0.2, -0.15) is 0 Å². The van der Waals surface area contributed by atoms with Crippen molar-refractivity contribution in [2.24, 2.45) is 5.92 Å². The van der Waals surface area contributed by atoms with Crippen LogP contribution in [-0.4, -0.2) is 11.7 Å². The van der Waals surface area contributed by atoms with Crippen molar-refractivity contribution in [3.63, 3.8) is 0 Å². The normalized spacial score (nSPS) is 13.2. The fourth-order valence-corrected chi connectivity index (χ4v) is 1.50. The molecular weight excluding hydrogens is 148 g/mol. The van der Waals surface area contributed by atoms with Crippen LogP contribution >= 0.6 is 0 Å². The third-order valence-corrected chi connectivity index (χ3v) is 2.44. The predicted octanol–water partition coefficient (Wildman–Crippen LogP) is 3.37. The number of unbranched alkanes of at least 4 members (excludes halogenated alkanes) is 3. The van der Waals surface area contributed by atoms with E-state index in [0.29, 0.717) is 12.5 Å². The summed E-state index contributed by atoms with van der Waals surface area (Å²) in [5.41, 5.74) is 0. The zero-order valence-electron chi connectivity index (χ0n) is 8.68. The van der Waals surface area contributed by atoms with Crippen molar-refractivity contribution in [1.82, 2.24) is 0 Å². The zero-order valence-corrected chi connectivity index (χ0v) is 8.68. The summed E-state index contributed by atoms with van der Waals surface area (Å²) in [5.74, 6) is 0.580. The molecule has 12 heavy (non-hydrogen) atoms. The number of aliphatic hydroxyl groups is 1. The predicted molar refractivity (Wildman–Crippen MR) is 54.2 cm³/mol. The number of aliphatic hydroxyl groups excluding tert-OH is 1. The van der Waals surface area contributed by atoms with Gasteiger partial charge < -0.3 is 5.11 Å². The van der Waals surface area contributed by atoms with Crippen molar-refractivity contribution in [3.8, 4) is 0 Å². The van der Waals surface area contributed by atoms with E-state index in [0.717, 1.165) is 0 Å². The van der Waals surface area contributed by atoms with E-state index in [9.17, 15) is 0 Å². The molecule has 1 nitrogen and oxygen atoms in total. The van der Waals surface area contributed by atoms with Crippen LogP contribution in [0.1, 0.15) is 58.8 Å². The Balaban J connectivity index is 3.26. The standard InChI is InChI=1S/C11H24O/c1-3-5-7-9-11(10-12)8-6-4-2/h11-12H,3-10H2,1-2H3. The summed E-state index contributed by atoms with van der Waals surface area (Å²) in [5, 5.41) is 9.05. The smallest absolute Gasteiger partial charge is 0.0459 e. The van der Waals surface area contributed by atoms with E-state index >= 15 is 0 Å². The van der Waals surface area contributed by atoms with Gasteiger partial charge in [-0.3, -0.25) is 0 Å². The number of hydrogen-bond acceptors (Lipinski definition) is 1. The van der Waals surface area contributed by atoms with Gasteiger partial charge in [-0.15, -0.1) is 0 Å². The molecule has 0 aromatic heterocycles. The van der Waals surface area contributed by atoms with E-state index in [4.69, 9.17) is 5.11 Å². The maximum absolute atomic E-state index is 9.05. The molecule has 0 saturated heterocycles. The average Bonchev–Trinajstić information content (AvgIpc) is 2.11. The fourth-order valence-electron chi connectivity index (χ4n) is 1.50. The van der Waals surface area contributed by atoms with Gasteiger partial charge in [0.05, 0.1) is 0 Å². The van der Waals surface area contributed by atoms with Crippen molar-refractivity contribution < 1.29 is 5.11 Å². The summed E-state index contributed by atoms with van der Waals surface area (Å²) in [6.45, 7) is 4.82. The molecule has 0 amide bonds. The van der Waals surface area contributed by atoms with Crippen LogP contribution in [0.3, 0.4) is 0 Å². The molecule has 1 unspecified atom stereocenters. The molecule has 1 heteroatoms. The summed E-state index contributed by atoms with van der Waals surface area (Å²) in [6, 6.07) is 0. The van der Waals surface area contributed by atoms with Gasteiger partial charge in [-0.25, -0.2) is 0 Å². The van der Waals surface area contributed by atoms with E-state index in [1.807, 2.05) is 0 Å². The Bertz CT molecular complexity index is 81.1. The van der Waals surface area contributed by atoms with Crippen molar-refractivity contribution in [2.75, 3.05) is 6.61 Å². The minimum atomic E-state index is 0.393. The van der Waals surface area contributed by atoms with Crippen LogP contribution < -0.4 is 0 Å². The van der Waals surface area contributed by atoms with Crippen LogP contribution in [0.4, 0.5) is 0 Å². The average molecular weight is 172 g/mol. The molecule has 0 saturated carbocycles. The maximum Gasteiger partial charge on any atom is 0.0459 e. The molecule has 0 heterocycles. The molecule has 74 valence electrons. The van der Waals surface area contributed by atoms with Crippen LogP contribution in [-0.2, 0) is 0 Å². The van der Waals surface area contributed by atoms with Gasteiger partial charge in [0.15, 0.2) is 0 Å². The lowest BCUT2D eigenvalue weighted by Crippen LogP contribution is -2.05. The van der Waals surface area contributed by atoms with E-state index < -0.39 is 0 Å². The lowest BCUT2D eigenvalue weighted by Gasteiger charge is -2.12. The van der Waals surface area contributed by atoms with Crippen LogP contribution in [0.5, 0.6) is 0 Å². The van der Waals surface area contributed by atoms with Gasteiger partial charge in [-0.1, -0.05) is 46.0 Å². The summed E-state index contributed by atoms with van der Waals surface area (Å²) >= 11 is 0. The first-order valence-corrected chi connectivity index (χ1v) is 5.46. The Morgan fingerprint density at radius 3 is 2.00 bits per heavy atom. The Morgan fingerprint density at radius 2 is 1.50 bits per heavy atom. The second-order valence-electron chi connectivity index (χ2n) is 3.69. The molecule has 1 atom stereocenters. The highest BCUT2D eigenvalue weighted by Gasteiger charge is 2.05. The number of hydrogen-bond donors (Lipinski definition) is 1. The first-order valence-electron chi connectivity index (χ1n) is 5.46. The minimum absolute atomic E-state index is 0.393. The summed E-state index contributed by atoms with van der Waals surface area (Å²) in [6.07, 6.45) is 8.88. The zero-order chi connectivity index (χ0) is 9.23. The Kier molecular flexibility index (Phi) is 9.02. The maximum atomic E-state index is 9.05. The molecule has 0 rings (SSSR count). The number of rotatable bonds is 8. The fraction of sp³-hybridized carbons (Fsp3) is 1.00. The molecule has 0 aliphatic heterocycles. The van der Waals surface area contributed by atoms with Crippen molar-refractivity contribution in [2.45, 2.75) is 58.8 Å². The van der Waals surface area contributed by atoms with E-state index in [2.05, 4.69) is 13.8 Å². The van der Waals surface area contributed by atoms with Crippen molar-refractivity contribution >= 4 is 0 Å². The molecule has 0 aliphatic carbocycles. The molecule has 1 N–H and O–H groups in total. The molecule has 0 radical (unpaired) electrons. The molecule has 0 aromatic carbocycles. The monoisotopic (exact) mass is 172 g/mol. The van der Waals surface area contributed by atoms with Gasteiger partial charge in [-0.05, 0) is 18.8 Å². The summed E-state index contributed by atoms with van der Waals surface area (Å²) in [7, 11) is 0. The lowest BCUT2D eigenvalue weighted by atomic mass is 9.96. The highest BCUT2D eigenvalue weighted by atomic mass is 16.3. The third-order valence-electron chi connectivity index (χ3n) is 2.44. The molecular formula is C11H24O. The Morgan fingerprint density at radius 1 is 0.917 bits per heavy atom. The highest BCUT2D eigenvalue weighted by Crippen LogP contribution is 2.15. The minimum Gasteiger partial charge on any atom is -0.396 e. The van der Waals surface area contributed by atoms with Gasteiger partial charge in [0.25, 0.3) is 0 Å². The summed E-state index contributed by atoms with van der Waals surface area (Å²) < 4.78 is 0. The van der Waals surface area contributed by atoms with Crippen molar-refractivity contribution in [3.05, 3.63) is 0 Å². The Labute approximate surface area is 77.2 Å². The largest absolute Gasteiger partial charge is 0.396 e. The molecule has 0 aliphatic rings. The van der Waals surface area contributed by atoms with E-state index in [1.54, 1.807) is 0 Å². The van der Waals surface area contributed by atoms with Gasteiger partial charge in [0.2, 0.25) is 0 Å². The quantitative estimate of drug-likeness (QED) is 0.557. The molecule has 0 fully saturated rings. The highest BCUT2D eigenvalue weighted by molar-refractivity contribution is 4.57. The SMILES string of the molecule is CCCCCC(CO)CCCC. The van der Waals surface area contributed by atoms with Crippen LogP contribution in [0, 0.1) is 5.92 Å². The topological polar surface area (TPSA) is 20.2 Å². The molecule has 0 aromatic rings. The first-order chi connectivity index (χ1) is 5.85. The summed E-state index contributed by atoms with van der Waals surface area (Å²) in [4.78, 5) is 0.